The molecule has 0 fully saturated rings. The Kier molecular flexibility index (Phi) is 5.36. The normalized spacial score (nSPS) is 16.2. The van der Waals surface area contributed by atoms with Gasteiger partial charge >= 0.3 is 11.9 Å². The Morgan fingerprint density at radius 2 is 1.15 bits per heavy atom. The van der Waals surface area contributed by atoms with Gasteiger partial charge in [0.25, 0.3) is 0 Å². The van der Waals surface area contributed by atoms with E-state index in [0.717, 1.165) is 22.3 Å². The molecule has 2 N–H and O–H groups in total. The molecule has 1 aliphatic rings. The average Bonchev–Trinajstić information content (AvgIpc) is 2.94. The maximum absolute atomic E-state index is 11.9. The van der Waals surface area contributed by atoms with E-state index in [2.05, 4.69) is 12.1 Å². The summed E-state index contributed by atoms with van der Waals surface area (Å²) in [4.78, 5) is 23.7. The molecular formula is C23H26O4. The van der Waals surface area contributed by atoms with Crippen LogP contribution in [0.4, 0.5) is 0 Å². The molecule has 2 aromatic carbocycles. The van der Waals surface area contributed by atoms with E-state index >= 15 is 0 Å². The number of aliphatic carboxylic acids is 2. The zero-order chi connectivity index (χ0) is 19.6. The van der Waals surface area contributed by atoms with Crippen molar-refractivity contribution in [1.82, 2.24) is 0 Å². The van der Waals surface area contributed by atoms with Gasteiger partial charge in [0.15, 0.2) is 0 Å². The summed E-state index contributed by atoms with van der Waals surface area (Å²) >= 11 is 0. The highest BCUT2D eigenvalue weighted by molar-refractivity contribution is 5.82. The fourth-order valence-electron chi connectivity index (χ4n) is 4.59. The largest absolute Gasteiger partial charge is 0.481 e. The van der Waals surface area contributed by atoms with Gasteiger partial charge in [-0.3, -0.25) is 9.59 Å². The van der Waals surface area contributed by atoms with Gasteiger partial charge in [-0.15, -0.1) is 0 Å². The molecule has 3 rings (SSSR count). The third-order valence-electron chi connectivity index (χ3n) is 6.05. The van der Waals surface area contributed by atoms with Crippen molar-refractivity contribution in [3.05, 3.63) is 59.7 Å². The second-order valence-corrected chi connectivity index (χ2v) is 7.47. The monoisotopic (exact) mass is 366 g/mol. The number of hydrogen-bond acceptors (Lipinski definition) is 2. The van der Waals surface area contributed by atoms with Crippen LogP contribution in [0.3, 0.4) is 0 Å². The molecule has 0 bridgehead atoms. The Morgan fingerprint density at radius 3 is 1.48 bits per heavy atom. The first kappa shape index (κ1) is 19.2. The van der Waals surface area contributed by atoms with Gasteiger partial charge < -0.3 is 10.2 Å². The topological polar surface area (TPSA) is 74.6 Å². The maximum atomic E-state index is 11.9. The summed E-state index contributed by atoms with van der Waals surface area (Å²) in [5.74, 6) is -2.67. The minimum Gasteiger partial charge on any atom is -0.481 e. The van der Waals surface area contributed by atoms with Gasteiger partial charge in [0.05, 0.1) is 11.8 Å². The molecule has 2 atom stereocenters. The lowest BCUT2D eigenvalue weighted by Crippen LogP contribution is -2.35. The molecule has 0 spiro atoms. The minimum atomic E-state index is -0.817. The van der Waals surface area contributed by atoms with Gasteiger partial charge in [-0.1, -0.05) is 62.4 Å². The average molecular weight is 366 g/mol. The van der Waals surface area contributed by atoms with E-state index in [1.807, 2.05) is 50.2 Å². The van der Waals surface area contributed by atoms with Crippen LogP contribution in [0.2, 0.25) is 0 Å². The number of carbonyl (C=O) groups is 2. The van der Waals surface area contributed by atoms with Crippen LogP contribution in [0.15, 0.2) is 48.5 Å². The first-order valence-electron chi connectivity index (χ1n) is 9.59. The van der Waals surface area contributed by atoms with Gasteiger partial charge in [-0.25, -0.2) is 0 Å². The van der Waals surface area contributed by atoms with Crippen molar-refractivity contribution >= 4 is 11.9 Å². The second-order valence-electron chi connectivity index (χ2n) is 7.47. The minimum absolute atomic E-state index is 0.413. The molecule has 0 amide bonds. The number of carboxylic acid groups (broad SMARTS) is 2. The molecule has 4 nitrogen and oxygen atoms in total. The lowest BCUT2D eigenvalue weighted by molar-refractivity contribution is -0.143. The van der Waals surface area contributed by atoms with Gasteiger partial charge in [0.1, 0.15) is 0 Å². The molecule has 0 aromatic heterocycles. The standard InChI is InChI=1S/C23H26O4/c1-3-15(21(24)25)13-23(14-16(4-2)22(26)27)19-11-7-5-9-17(19)18-10-6-8-12-20(18)23/h5-12,15-16H,3-4,13-14H2,1-2H3,(H,24,25)(H,26,27). The quantitative estimate of drug-likeness (QED) is 0.693. The Balaban J connectivity index is 2.23. The molecule has 0 saturated heterocycles. The van der Waals surface area contributed by atoms with Crippen molar-refractivity contribution < 1.29 is 19.8 Å². The van der Waals surface area contributed by atoms with E-state index in [1.54, 1.807) is 0 Å². The maximum Gasteiger partial charge on any atom is 0.306 e. The lowest BCUT2D eigenvalue weighted by atomic mass is 9.66. The van der Waals surface area contributed by atoms with Crippen LogP contribution in [0.5, 0.6) is 0 Å². The van der Waals surface area contributed by atoms with Gasteiger partial charge in [0, 0.05) is 5.41 Å². The first-order valence-corrected chi connectivity index (χ1v) is 9.59. The molecule has 4 heteroatoms. The Hall–Kier alpha value is -2.62. The van der Waals surface area contributed by atoms with E-state index in [9.17, 15) is 19.8 Å². The van der Waals surface area contributed by atoms with E-state index in [1.165, 1.54) is 0 Å². The highest BCUT2D eigenvalue weighted by Crippen LogP contribution is 2.55. The molecule has 27 heavy (non-hydrogen) atoms. The van der Waals surface area contributed by atoms with E-state index in [0.29, 0.717) is 25.7 Å². The summed E-state index contributed by atoms with van der Waals surface area (Å²) in [6.45, 7) is 3.77. The zero-order valence-corrected chi connectivity index (χ0v) is 15.8. The number of hydrogen-bond donors (Lipinski definition) is 2. The van der Waals surface area contributed by atoms with Gasteiger partial charge in [-0.05, 0) is 47.9 Å². The molecule has 2 aromatic rings. The smallest absolute Gasteiger partial charge is 0.306 e. The summed E-state index contributed by atoms with van der Waals surface area (Å²) in [5.41, 5.74) is 3.71. The molecular weight excluding hydrogens is 340 g/mol. The summed E-state index contributed by atoms with van der Waals surface area (Å²) < 4.78 is 0. The summed E-state index contributed by atoms with van der Waals surface area (Å²) in [6, 6.07) is 16.1. The lowest BCUT2D eigenvalue weighted by Gasteiger charge is -2.36. The number of carboxylic acids is 2. The van der Waals surface area contributed by atoms with Crippen molar-refractivity contribution in [2.24, 2.45) is 11.8 Å². The van der Waals surface area contributed by atoms with Crippen LogP contribution < -0.4 is 0 Å². The first-order chi connectivity index (χ1) is 12.9. The molecule has 142 valence electrons. The predicted octanol–water partition coefficient (Wildman–Crippen LogP) is 4.95. The van der Waals surface area contributed by atoms with Crippen molar-refractivity contribution in [2.75, 3.05) is 0 Å². The van der Waals surface area contributed by atoms with Crippen LogP contribution >= 0.6 is 0 Å². The number of benzene rings is 2. The Bertz CT molecular complexity index is 783. The third kappa shape index (κ3) is 3.25. The highest BCUT2D eigenvalue weighted by Gasteiger charge is 2.47. The second kappa shape index (κ2) is 7.55. The van der Waals surface area contributed by atoms with Gasteiger partial charge in [-0.2, -0.15) is 0 Å². The van der Waals surface area contributed by atoms with E-state index in [-0.39, 0.29) is 0 Å². The molecule has 0 aliphatic heterocycles. The molecule has 0 saturated carbocycles. The van der Waals surface area contributed by atoms with Crippen LogP contribution in [0.25, 0.3) is 11.1 Å². The summed E-state index contributed by atoms with van der Waals surface area (Å²) in [6.07, 6.45) is 1.86. The SMILES string of the molecule is CCC(CC1(CC(CC)C(=O)O)c2ccccc2-c2ccccc21)C(=O)O. The van der Waals surface area contributed by atoms with Crippen molar-refractivity contribution in [3.63, 3.8) is 0 Å². The number of fused-ring (bicyclic) bond motifs is 3. The van der Waals surface area contributed by atoms with Crippen LogP contribution in [-0.2, 0) is 15.0 Å². The highest BCUT2D eigenvalue weighted by atomic mass is 16.4. The fraction of sp³-hybridized carbons (Fsp3) is 0.391. The summed E-state index contributed by atoms with van der Waals surface area (Å²) in [7, 11) is 0. The molecule has 0 radical (unpaired) electrons. The zero-order valence-electron chi connectivity index (χ0n) is 15.8. The van der Waals surface area contributed by atoms with Crippen molar-refractivity contribution in [1.29, 1.82) is 0 Å². The Labute approximate surface area is 159 Å². The number of rotatable bonds is 8. The van der Waals surface area contributed by atoms with Crippen molar-refractivity contribution in [2.45, 2.75) is 44.9 Å². The predicted molar refractivity (Wildman–Crippen MR) is 105 cm³/mol. The van der Waals surface area contributed by atoms with E-state index in [4.69, 9.17) is 0 Å². The van der Waals surface area contributed by atoms with Crippen molar-refractivity contribution in [3.8, 4) is 11.1 Å². The van der Waals surface area contributed by atoms with Crippen LogP contribution in [0.1, 0.15) is 50.7 Å². The van der Waals surface area contributed by atoms with Crippen LogP contribution in [-0.4, -0.2) is 22.2 Å². The summed E-state index contributed by atoms with van der Waals surface area (Å²) in [5, 5.41) is 19.5. The third-order valence-corrected chi connectivity index (χ3v) is 6.05. The van der Waals surface area contributed by atoms with Crippen LogP contribution in [0, 0.1) is 11.8 Å². The molecule has 1 aliphatic carbocycles. The molecule has 2 unspecified atom stereocenters. The Morgan fingerprint density at radius 1 is 0.778 bits per heavy atom. The molecule has 0 heterocycles. The van der Waals surface area contributed by atoms with E-state index < -0.39 is 29.2 Å². The van der Waals surface area contributed by atoms with Gasteiger partial charge in [0.2, 0.25) is 0 Å². The fourth-order valence-corrected chi connectivity index (χ4v) is 4.59.